The van der Waals surface area contributed by atoms with Crippen LogP contribution in [0, 0.1) is 0 Å². The Morgan fingerprint density at radius 1 is 1.37 bits per heavy atom. The highest BCUT2D eigenvalue weighted by molar-refractivity contribution is 5.89. The van der Waals surface area contributed by atoms with Gasteiger partial charge in [-0.3, -0.25) is 9.79 Å². The van der Waals surface area contributed by atoms with E-state index in [0.717, 1.165) is 37.2 Å². The van der Waals surface area contributed by atoms with Crippen molar-refractivity contribution in [1.29, 1.82) is 0 Å². The third kappa shape index (κ3) is 6.88. The molecule has 162 valence electrons. The van der Waals surface area contributed by atoms with Gasteiger partial charge in [-0.15, -0.1) is 0 Å². The number of hydrogen-bond donors (Lipinski definition) is 2. The fraction of sp³-hybridized carbons (Fsp3) is 0.417. The van der Waals surface area contributed by atoms with E-state index < -0.39 is 0 Å². The van der Waals surface area contributed by atoms with Crippen molar-refractivity contribution >= 4 is 18.2 Å². The molecule has 0 bridgehead atoms. The van der Waals surface area contributed by atoms with Crippen LogP contribution in [0.3, 0.4) is 0 Å². The number of phenolic OH excluding ortho intramolecular Hbond substituents is 1. The SMILES string of the molecule is C=C(\C=C(C)/C=N/C(=C\C=O)c1ccc(OC)c(O)c1)N1CCC(NC(C)C)CC1. The summed E-state index contributed by atoms with van der Waals surface area (Å²) in [7, 11) is 1.49. The molecule has 0 amide bonds. The van der Waals surface area contributed by atoms with Crippen LogP contribution in [-0.4, -0.2) is 54.8 Å². The van der Waals surface area contributed by atoms with Crippen LogP contribution in [-0.2, 0) is 4.79 Å². The molecule has 1 fully saturated rings. The molecular formula is C24H33N3O3. The fourth-order valence-electron chi connectivity index (χ4n) is 3.50. The zero-order valence-electron chi connectivity index (χ0n) is 18.4. The van der Waals surface area contributed by atoms with Gasteiger partial charge in [-0.05, 0) is 49.6 Å². The minimum Gasteiger partial charge on any atom is -0.504 e. The highest BCUT2D eigenvalue weighted by Crippen LogP contribution is 2.29. The van der Waals surface area contributed by atoms with Crippen molar-refractivity contribution in [2.45, 2.75) is 45.7 Å². The number of aldehydes is 1. The molecule has 1 aliphatic heterocycles. The van der Waals surface area contributed by atoms with E-state index in [1.54, 1.807) is 18.3 Å². The van der Waals surface area contributed by atoms with Gasteiger partial charge in [0.05, 0.1) is 12.8 Å². The van der Waals surface area contributed by atoms with Crippen molar-refractivity contribution in [2.24, 2.45) is 4.99 Å². The van der Waals surface area contributed by atoms with Gasteiger partial charge in [0.1, 0.15) is 6.29 Å². The van der Waals surface area contributed by atoms with E-state index in [0.29, 0.717) is 35.4 Å². The summed E-state index contributed by atoms with van der Waals surface area (Å²) < 4.78 is 5.06. The van der Waals surface area contributed by atoms with Gasteiger partial charge in [0.25, 0.3) is 0 Å². The van der Waals surface area contributed by atoms with E-state index in [2.05, 4.69) is 35.6 Å². The summed E-state index contributed by atoms with van der Waals surface area (Å²) in [5.41, 5.74) is 2.98. The quantitative estimate of drug-likeness (QED) is 0.279. The minimum atomic E-state index is -0.00185. The maximum atomic E-state index is 11.0. The number of nitrogens with zero attached hydrogens (tertiary/aromatic N) is 2. The van der Waals surface area contributed by atoms with Gasteiger partial charge in [0, 0.05) is 48.7 Å². The van der Waals surface area contributed by atoms with Gasteiger partial charge < -0.3 is 20.1 Å². The summed E-state index contributed by atoms with van der Waals surface area (Å²) in [5, 5.41) is 13.6. The first-order valence-corrected chi connectivity index (χ1v) is 10.3. The molecular weight excluding hydrogens is 378 g/mol. The van der Waals surface area contributed by atoms with Crippen molar-refractivity contribution in [3.63, 3.8) is 0 Å². The van der Waals surface area contributed by atoms with Crippen LogP contribution in [0.5, 0.6) is 11.5 Å². The Labute approximate surface area is 179 Å². The summed E-state index contributed by atoms with van der Waals surface area (Å²) >= 11 is 0. The third-order valence-electron chi connectivity index (χ3n) is 4.97. The number of nitrogens with one attached hydrogen (secondary N) is 1. The number of hydrogen-bond acceptors (Lipinski definition) is 6. The lowest BCUT2D eigenvalue weighted by Gasteiger charge is -2.35. The first-order chi connectivity index (χ1) is 14.3. The number of benzene rings is 1. The predicted octanol–water partition coefficient (Wildman–Crippen LogP) is 3.93. The first-order valence-electron chi connectivity index (χ1n) is 10.3. The standard InChI is InChI=1S/C24H33N3O3/c1-17(2)26-21-8-11-27(12-9-21)19(4)14-18(3)16-25-22(10-13-28)20-6-7-24(30-5)23(29)15-20/h6-7,10,13-17,21,26,29H,4,8-9,11-12H2,1-3,5H3/b18-14-,22-10-,25-16+. The molecule has 1 saturated heterocycles. The van der Waals surface area contributed by atoms with Crippen LogP contribution >= 0.6 is 0 Å². The topological polar surface area (TPSA) is 74.2 Å². The van der Waals surface area contributed by atoms with Crippen LogP contribution in [0.15, 0.2) is 53.2 Å². The van der Waals surface area contributed by atoms with Gasteiger partial charge in [0.15, 0.2) is 11.5 Å². The van der Waals surface area contributed by atoms with E-state index >= 15 is 0 Å². The fourth-order valence-corrected chi connectivity index (χ4v) is 3.50. The van der Waals surface area contributed by atoms with Gasteiger partial charge in [-0.1, -0.05) is 20.4 Å². The molecule has 0 radical (unpaired) electrons. The number of likely N-dealkylation sites (tertiary alicyclic amines) is 1. The van der Waals surface area contributed by atoms with Crippen LogP contribution in [0.4, 0.5) is 0 Å². The molecule has 1 aromatic rings. The lowest BCUT2D eigenvalue weighted by atomic mass is 10.0. The van der Waals surface area contributed by atoms with E-state index in [9.17, 15) is 9.90 Å². The second-order valence-corrected chi connectivity index (χ2v) is 7.80. The number of aliphatic imine (C=N–C) groups is 1. The summed E-state index contributed by atoms with van der Waals surface area (Å²) in [6, 6.07) is 5.99. The average Bonchev–Trinajstić information content (AvgIpc) is 2.71. The highest BCUT2D eigenvalue weighted by Gasteiger charge is 2.19. The number of methoxy groups -OCH3 is 1. The lowest BCUT2D eigenvalue weighted by Crippen LogP contribution is -2.44. The monoisotopic (exact) mass is 411 g/mol. The third-order valence-corrected chi connectivity index (χ3v) is 4.97. The maximum absolute atomic E-state index is 11.0. The number of allylic oxidation sites excluding steroid dienone is 3. The Morgan fingerprint density at radius 2 is 2.07 bits per heavy atom. The molecule has 1 aliphatic rings. The number of phenols is 1. The Kier molecular flexibility index (Phi) is 8.87. The molecule has 2 rings (SSSR count). The minimum absolute atomic E-state index is 0.00185. The molecule has 0 saturated carbocycles. The number of carbonyl (C=O) groups excluding carboxylic acids is 1. The number of piperidine rings is 1. The van der Waals surface area contributed by atoms with Crippen LogP contribution in [0.2, 0.25) is 0 Å². The first kappa shape index (κ1) is 23.4. The number of ether oxygens (including phenoxy) is 1. The molecule has 0 aromatic heterocycles. The summed E-state index contributed by atoms with van der Waals surface area (Å²) in [5.74, 6) is 0.367. The highest BCUT2D eigenvalue weighted by atomic mass is 16.5. The number of aromatic hydroxyl groups is 1. The molecule has 6 heteroatoms. The average molecular weight is 412 g/mol. The van der Waals surface area contributed by atoms with E-state index in [-0.39, 0.29) is 5.75 Å². The normalized spacial score (nSPS) is 16.4. The molecule has 0 spiro atoms. The van der Waals surface area contributed by atoms with Gasteiger partial charge in [0.2, 0.25) is 0 Å². The summed E-state index contributed by atoms with van der Waals surface area (Å²) in [6.45, 7) is 12.5. The molecule has 0 aliphatic carbocycles. The zero-order chi connectivity index (χ0) is 22.1. The smallest absolute Gasteiger partial charge is 0.160 e. The number of rotatable bonds is 9. The van der Waals surface area contributed by atoms with E-state index in [4.69, 9.17) is 4.74 Å². The predicted molar refractivity (Wildman–Crippen MR) is 123 cm³/mol. The second-order valence-electron chi connectivity index (χ2n) is 7.80. The Hall–Kier alpha value is -2.86. The molecule has 30 heavy (non-hydrogen) atoms. The van der Waals surface area contributed by atoms with Gasteiger partial charge in [-0.25, -0.2) is 0 Å². The maximum Gasteiger partial charge on any atom is 0.160 e. The Morgan fingerprint density at radius 3 is 2.63 bits per heavy atom. The van der Waals surface area contributed by atoms with Crippen molar-refractivity contribution in [3.05, 3.63) is 53.8 Å². The number of carbonyl (C=O) groups is 1. The summed E-state index contributed by atoms with van der Waals surface area (Å²) in [4.78, 5) is 17.8. The zero-order valence-corrected chi connectivity index (χ0v) is 18.4. The summed E-state index contributed by atoms with van der Waals surface area (Å²) in [6.07, 6.45) is 7.96. The van der Waals surface area contributed by atoms with Gasteiger partial charge >= 0.3 is 0 Å². The largest absolute Gasteiger partial charge is 0.504 e. The lowest BCUT2D eigenvalue weighted by molar-refractivity contribution is -0.104. The molecule has 0 unspecified atom stereocenters. The van der Waals surface area contributed by atoms with E-state index in [1.807, 2.05) is 13.0 Å². The molecule has 2 N–H and O–H groups in total. The van der Waals surface area contributed by atoms with Crippen molar-refractivity contribution < 1.29 is 14.6 Å². The molecule has 0 atom stereocenters. The Bertz CT molecular complexity index is 832. The second kappa shape index (κ2) is 11.4. The molecule has 1 heterocycles. The van der Waals surface area contributed by atoms with E-state index in [1.165, 1.54) is 19.3 Å². The van der Waals surface area contributed by atoms with Crippen LogP contribution in [0.1, 0.15) is 39.2 Å². The van der Waals surface area contributed by atoms with Crippen LogP contribution in [0.25, 0.3) is 5.70 Å². The molecule has 6 nitrogen and oxygen atoms in total. The van der Waals surface area contributed by atoms with Crippen molar-refractivity contribution in [3.8, 4) is 11.5 Å². The Balaban J connectivity index is 2.03. The van der Waals surface area contributed by atoms with Crippen LogP contribution < -0.4 is 10.1 Å². The van der Waals surface area contributed by atoms with Crippen molar-refractivity contribution in [1.82, 2.24) is 10.2 Å². The van der Waals surface area contributed by atoms with Crippen molar-refractivity contribution in [2.75, 3.05) is 20.2 Å². The molecule has 1 aromatic carbocycles. The van der Waals surface area contributed by atoms with Gasteiger partial charge in [-0.2, -0.15) is 0 Å².